The molecule has 3 aromatic carbocycles. The third-order valence-electron chi connectivity index (χ3n) is 7.50. The number of nitrogens with zero attached hydrogens (tertiary/aromatic N) is 2. The number of Topliss-reactive ketones (excluding diaryl/α,β-unsaturated/α-hetero) is 1. The normalized spacial score (nSPS) is 21.4. The molecule has 1 saturated carbocycles. The largest absolute Gasteiger partial charge is 0.423 e. The van der Waals surface area contributed by atoms with Crippen LogP contribution in [0.3, 0.4) is 0 Å². The zero-order chi connectivity index (χ0) is 31.0. The summed E-state index contributed by atoms with van der Waals surface area (Å²) in [4.78, 5) is 66.8. The molecule has 0 bridgehead atoms. The summed E-state index contributed by atoms with van der Waals surface area (Å²) < 4.78 is 5.41. The van der Waals surface area contributed by atoms with E-state index in [1.54, 1.807) is 24.3 Å². The van der Waals surface area contributed by atoms with Crippen LogP contribution >= 0.6 is 55.1 Å². The number of carbonyl (C=O) groups is 5. The molecular formula is C31H24Br2Cl2N2O6. The number of fused-ring (bicyclic) bond motifs is 1. The lowest BCUT2D eigenvalue weighted by Gasteiger charge is -2.30. The van der Waals surface area contributed by atoms with Crippen molar-refractivity contribution >= 4 is 84.5 Å². The minimum atomic E-state index is -0.762. The second-order valence-corrected chi connectivity index (χ2v) is 13.6. The van der Waals surface area contributed by atoms with E-state index in [4.69, 9.17) is 27.9 Å². The predicted octanol–water partition coefficient (Wildman–Crippen LogP) is 6.68. The Kier molecular flexibility index (Phi) is 9.41. The van der Waals surface area contributed by atoms with Crippen LogP contribution in [-0.4, -0.2) is 55.7 Å². The Morgan fingerprint density at radius 3 is 1.91 bits per heavy atom. The fraction of sp³-hybridized carbons (Fsp3) is 0.258. The number of hydrogen-bond donors (Lipinski definition) is 0. The topological polar surface area (TPSA) is 101 Å². The van der Waals surface area contributed by atoms with Gasteiger partial charge in [0.2, 0.25) is 0 Å². The zero-order valence-corrected chi connectivity index (χ0v) is 27.3. The van der Waals surface area contributed by atoms with Gasteiger partial charge in [-0.3, -0.25) is 19.2 Å². The van der Waals surface area contributed by atoms with Crippen LogP contribution in [0, 0.1) is 18.8 Å². The first kappa shape index (κ1) is 31.4. The van der Waals surface area contributed by atoms with Crippen LogP contribution in [0.2, 0.25) is 10.0 Å². The molecule has 0 spiro atoms. The van der Waals surface area contributed by atoms with Crippen molar-refractivity contribution < 1.29 is 28.7 Å². The van der Waals surface area contributed by atoms with Crippen LogP contribution in [0.25, 0.3) is 0 Å². The number of hydrazine groups is 1. The monoisotopic (exact) mass is 748 g/mol. The predicted molar refractivity (Wildman–Crippen MR) is 168 cm³/mol. The van der Waals surface area contributed by atoms with Gasteiger partial charge in [-0.25, -0.2) is 9.80 Å². The van der Waals surface area contributed by atoms with Crippen LogP contribution < -0.4 is 4.74 Å². The number of alkyl halides is 2. The van der Waals surface area contributed by atoms with E-state index in [0.717, 1.165) is 15.6 Å². The highest BCUT2D eigenvalue weighted by Gasteiger charge is 2.54. The molecule has 2 aliphatic rings. The Morgan fingerprint density at radius 1 is 0.814 bits per heavy atom. The molecule has 1 heterocycles. The lowest BCUT2D eigenvalue weighted by molar-refractivity contribution is -0.154. The van der Waals surface area contributed by atoms with Crippen molar-refractivity contribution in [1.29, 1.82) is 0 Å². The van der Waals surface area contributed by atoms with Crippen molar-refractivity contribution in [2.75, 3.05) is 6.54 Å². The maximum Gasteiger partial charge on any atom is 0.343 e. The average Bonchev–Trinajstić information content (AvgIpc) is 3.21. The number of imide groups is 1. The van der Waals surface area contributed by atoms with E-state index in [2.05, 4.69) is 31.9 Å². The van der Waals surface area contributed by atoms with Crippen molar-refractivity contribution in [3.8, 4) is 5.75 Å². The van der Waals surface area contributed by atoms with Gasteiger partial charge in [0.15, 0.2) is 5.78 Å². The fourth-order valence-corrected chi connectivity index (χ4v) is 6.65. The minimum Gasteiger partial charge on any atom is -0.423 e. The summed E-state index contributed by atoms with van der Waals surface area (Å²) in [6.07, 6.45) is 0.792. The third kappa shape index (κ3) is 6.57. The smallest absolute Gasteiger partial charge is 0.343 e. The fourth-order valence-electron chi connectivity index (χ4n) is 5.12. The van der Waals surface area contributed by atoms with E-state index in [0.29, 0.717) is 18.4 Å². The Morgan fingerprint density at radius 2 is 1.35 bits per heavy atom. The van der Waals surface area contributed by atoms with Gasteiger partial charge in [-0.2, -0.15) is 5.01 Å². The summed E-state index contributed by atoms with van der Waals surface area (Å²) in [5, 5.41) is 2.00. The molecule has 1 aliphatic carbocycles. The van der Waals surface area contributed by atoms with Gasteiger partial charge in [0, 0.05) is 20.8 Å². The number of esters is 1. The Labute approximate surface area is 274 Å². The molecule has 0 unspecified atom stereocenters. The molecule has 3 amide bonds. The van der Waals surface area contributed by atoms with E-state index in [-0.39, 0.29) is 36.6 Å². The summed E-state index contributed by atoms with van der Waals surface area (Å²) in [6.45, 7) is 1.30. The number of ether oxygens (including phenoxy) is 1. The standard InChI is InChI=1S/C31H24Br2Cl2N2O6/c1-16-2-4-18(5-3-16)31(42)43-20-9-6-17(7-10-20)27(38)15-36(28(39)19-8-11-25(34)26(35)12-19)37-29(40)21-13-23(32)24(33)14-22(21)30(37)41/h2-12,21-24H,13-15H2,1H3/t21-,22+,23+,24-. The van der Waals surface area contributed by atoms with Crippen molar-refractivity contribution in [2.45, 2.75) is 29.4 Å². The molecular weight excluding hydrogens is 727 g/mol. The van der Waals surface area contributed by atoms with Crippen LogP contribution in [0.5, 0.6) is 5.75 Å². The lowest BCUT2D eigenvalue weighted by Crippen LogP contribution is -2.52. The number of ketones is 1. The molecule has 0 aromatic heterocycles. The number of hydrogen-bond acceptors (Lipinski definition) is 6. The van der Waals surface area contributed by atoms with E-state index in [1.807, 2.05) is 6.92 Å². The molecule has 12 heteroatoms. The summed E-state index contributed by atoms with van der Waals surface area (Å²) in [7, 11) is 0. The van der Waals surface area contributed by atoms with Gasteiger partial charge in [-0.05, 0) is 74.4 Å². The first-order chi connectivity index (χ1) is 20.4. The molecule has 8 nitrogen and oxygen atoms in total. The van der Waals surface area contributed by atoms with Crippen LogP contribution in [0.1, 0.15) is 49.5 Å². The Hall–Kier alpha value is -3.05. The summed E-state index contributed by atoms with van der Waals surface area (Å²) >= 11 is 19.3. The third-order valence-corrected chi connectivity index (χ3v) is 11.0. The molecule has 4 atom stereocenters. The van der Waals surface area contributed by atoms with Gasteiger partial charge in [0.05, 0.1) is 27.4 Å². The van der Waals surface area contributed by atoms with Crippen molar-refractivity contribution in [3.63, 3.8) is 0 Å². The number of rotatable bonds is 7. The molecule has 0 N–H and O–H groups in total. The first-order valence-corrected chi connectivity index (χ1v) is 15.9. The molecule has 1 aliphatic heterocycles. The van der Waals surface area contributed by atoms with E-state index in [1.165, 1.54) is 42.5 Å². The number of aryl methyl sites for hydroxylation is 1. The van der Waals surface area contributed by atoms with Gasteiger partial charge in [0.25, 0.3) is 17.7 Å². The number of carbonyl (C=O) groups excluding carboxylic acids is 5. The van der Waals surface area contributed by atoms with Gasteiger partial charge in [-0.15, -0.1) is 0 Å². The van der Waals surface area contributed by atoms with E-state index >= 15 is 0 Å². The van der Waals surface area contributed by atoms with Crippen LogP contribution in [0.4, 0.5) is 0 Å². The quantitative estimate of drug-likeness (QED) is 0.0879. The van der Waals surface area contributed by atoms with E-state index < -0.39 is 47.9 Å². The molecule has 5 rings (SSSR count). The van der Waals surface area contributed by atoms with Crippen molar-refractivity contribution in [2.24, 2.45) is 11.8 Å². The number of amides is 3. The number of benzene rings is 3. The van der Waals surface area contributed by atoms with Crippen LogP contribution in [-0.2, 0) is 9.59 Å². The minimum absolute atomic E-state index is 0.0371. The van der Waals surface area contributed by atoms with Gasteiger partial charge < -0.3 is 4.74 Å². The highest BCUT2D eigenvalue weighted by molar-refractivity contribution is 9.12. The molecule has 2 fully saturated rings. The average molecular weight is 751 g/mol. The Balaban J connectivity index is 1.39. The first-order valence-electron chi connectivity index (χ1n) is 13.3. The SMILES string of the molecule is Cc1ccc(C(=O)Oc2ccc(C(=O)CN(C(=O)c3ccc(Cl)c(Cl)c3)N3C(=O)[C@H]4C[C@@H](Br)[C@@H](Br)C[C@H]4C3=O)cc2)cc1. The maximum atomic E-state index is 13.8. The number of halogens is 4. The summed E-state index contributed by atoms with van der Waals surface area (Å²) in [6, 6.07) is 16.9. The molecule has 3 aromatic rings. The summed E-state index contributed by atoms with van der Waals surface area (Å²) in [5.74, 6) is -4.00. The molecule has 0 radical (unpaired) electrons. The second kappa shape index (κ2) is 12.9. The van der Waals surface area contributed by atoms with Crippen molar-refractivity contribution in [3.05, 3.63) is 99.0 Å². The summed E-state index contributed by atoms with van der Waals surface area (Å²) in [5.41, 5.74) is 1.61. The second-order valence-electron chi connectivity index (χ2n) is 10.4. The van der Waals surface area contributed by atoms with E-state index in [9.17, 15) is 24.0 Å². The highest BCUT2D eigenvalue weighted by Crippen LogP contribution is 2.43. The van der Waals surface area contributed by atoms with Gasteiger partial charge >= 0.3 is 5.97 Å². The molecule has 43 heavy (non-hydrogen) atoms. The Bertz CT molecular complexity index is 1590. The molecule has 1 saturated heterocycles. The van der Waals surface area contributed by atoms with Gasteiger partial charge in [0.1, 0.15) is 12.3 Å². The van der Waals surface area contributed by atoms with Crippen molar-refractivity contribution in [1.82, 2.24) is 10.0 Å². The lowest BCUT2D eigenvalue weighted by atomic mass is 9.81. The maximum absolute atomic E-state index is 13.8. The molecule has 222 valence electrons. The zero-order valence-electron chi connectivity index (χ0n) is 22.6. The highest BCUT2D eigenvalue weighted by atomic mass is 79.9. The van der Waals surface area contributed by atoms with Crippen LogP contribution in [0.15, 0.2) is 66.7 Å². The van der Waals surface area contributed by atoms with Gasteiger partial charge in [-0.1, -0.05) is 72.8 Å².